The lowest BCUT2D eigenvalue weighted by Gasteiger charge is -2.46. The summed E-state index contributed by atoms with van der Waals surface area (Å²) in [5.74, 6) is 2.96. The van der Waals surface area contributed by atoms with Crippen molar-refractivity contribution in [3.05, 3.63) is 0 Å². The van der Waals surface area contributed by atoms with Gasteiger partial charge in [0.15, 0.2) is 0 Å². The molecule has 0 spiro atoms. The summed E-state index contributed by atoms with van der Waals surface area (Å²) in [7, 11) is 4.46. The molecule has 2 aliphatic rings. The minimum atomic E-state index is 0.254. The minimum absolute atomic E-state index is 0.254. The van der Waals surface area contributed by atoms with Crippen LogP contribution in [0.5, 0.6) is 0 Å². The van der Waals surface area contributed by atoms with Crippen LogP contribution in [0.2, 0.25) is 0 Å². The summed E-state index contributed by atoms with van der Waals surface area (Å²) in [4.78, 5) is 2.41. The predicted octanol–water partition coefficient (Wildman–Crippen LogP) is 3.13. The molecular formula is C16H32N2. The highest BCUT2D eigenvalue weighted by atomic mass is 15.2. The largest absolute Gasteiger partial charge is 0.312 e. The molecule has 0 heterocycles. The van der Waals surface area contributed by atoms with Gasteiger partial charge in [0.25, 0.3) is 0 Å². The molecule has 0 aromatic heterocycles. The van der Waals surface area contributed by atoms with Gasteiger partial charge in [-0.2, -0.15) is 0 Å². The van der Waals surface area contributed by atoms with Gasteiger partial charge < -0.3 is 10.2 Å². The molecule has 106 valence electrons. The van der Waals surface area contributed by atoms with E-state index < -0.39 is 0 Å². The van der Waals surface area contributed by atoms with E-state index in [0.717, 1.165) is 24.3 Å². The van der Waals surface area contributed by atoms with Crippen molar-refractivity contribution < 1.29 is 0 Å². The molecule has 1 N–H and O–H groups in total. The van der Waals surface area contributed by atoms with E-state index in [1.165, 1.54) is 32.1 Å². The first-order chi connectivity index (χ1) is 8.46. The van der Waals surface area contributed by atoms with Gasteiger partial charge in [0, 0.05) is 11.6 Å². The Balaban J connectivity index is 2.10. The SMILES string of the molecule is CCCNC(C1CC2CCC1C2)C(C)(C)N(C)C. The lowest BCUT2D eigenvalue weighted by molar-refractivity contribution is 0.0801. The van der Waals surface area contributed by atoms with Gasteiger partial charge in [-0.1, -0.05) is 13.3 Å². The van der Waals surface area contributed by atoms with Gasteiger partial charge in [0.2, 0.25) is 0 Å². The number of likely N-dealkylation sites (N-methyl/N-ethyl adjacent to an activating group) is 1. The smallest absolute Gasteiger partial charge is 0.0302 e. The maximum Gasteiger partial charge on any atom is 0.0302 e. The molecule has 0 amide bonds. The Hall–Kier alpha value is -0.0800. The molecule has 4 atom stereocenters. The van der Waals surface area contributed by atoms with Crippen molar-refractivity contribution in [2.45, 2.75) is 64.5 Å². The second kappa shape index (κ2) is 5.50. The molecule has 0 radical (unpaired) electrons. The first-order valence-corrected chi connectivity index (χ1v) is 7.87. The first-order valence-electron chi connectivity index (χ1n) is 7.87. The van der Waals surface area contributed by atoms with Crippen LogP contribution in [-0.2, 0) is 0 Å². The summed E-state index contributed by atoms with van der Waals surface area (Å²) in [6.45, 7) is 8.25. The molecule has 2 rings (SSSR count). The summed E-state index contributed by atoms with van der Waals surface area (Å²) < 4.78 is 0. The van der Waals surface area contributed by atoms with Crippen molar-refractivity contribution >= 4 is 0 Å². The minimum Gasteiger partial charge on any atom is -0.312 e. The van der Waals surface area contributed by atoms with Gasteiger partial charge in [-0.05, 0) is 77.9 Å². The Morgan fingerprint density at radius 3 is 2.39 bits per heavy atom. The standard InChI is InChI=1S/C16H32N2/c1-6-9-17-15(16(2,3)18(4)5)14-11-12-7-8-13(14)10-12/h12-15,17H,6-11H2,1-5H3. The van der Waals surface area contributed by atoms with E-state index in [1.54, 1.807) is 0 Å². The zero-order valence-electron chi connectivity index (χ0n) is 13.0. The number of hydrogen-bond donors (Lipinski definition) is 1. The molecule has 18 heavy (non-hydrogen) atoms. The second-order valence-electron chi connectivity index (χ2n) is 7.32. The van der Waals surface area contributed by atoms with E-state index in [9.17, 15) is 0 Å². The first kappa shape index (κ1) is 14.3. The van der Waals surface area contributed by atoms with E-state index in [2.05, 4.69) is 45.1 Å². The van der Waals surface area contributed by atoms with Crippen LogP contribution in [0.15, 0.2) is 0 Å². The summed E-state index contributed by atoms with van der Waals surface area (Å²) >= 11 is 0. The predicted molar refractivity (Wildman–Crippen MR) is 78.8 cm³/mol. The highest BCUT2D eigenvalue weighted by Gasteiger charge is 2.47. The van der Waals surface area contributed by atoms with Crippen LogP contribution in [0.25, 0.3) is 0 Å². The van der Waals surface area contributed by atoms with Crippen LogP contribution < -0.4 is 5.32 Å². The summed E-state index contributed by atoms with van der Waals surface area (Å²) in [5.41, 5.74) is 0.254. The normalized spacial score (nSPS) is 33.3. The van der Waals surface area contributed by atoms with E-state index in [-0.39, 0.29) is 5.54 Å². The Bertz CT molecular complexity index is 272. The Morgan fingerprint density at radius 1 is 1.22 bits per heavy atom. The molecule has 2 heteroatoms. The lowest BCUT2D eigenvalue weighted by atomic mass is 9.75. The molecule has 0 saturated heterocycles. The molecule has 0 aliphatic heterocycles. The van der Waals surface area contributed by atoms with Crippen LogP contribution >= 0.6 is 0 Å². The Kier molecular flexibility index (Phi) is 4.38. The van der Waals surface area contributed by atoms with E-state index in [0.29, 0.717) is 6.04 Å². The molecule has 4 unspecified atom stereocenters. The van der Waals surface area contributed by atoms with Crippen LogP contribution in [0.3, 0.4) is 0 Å². The van der Waals surface area contributed by atoms with Crippen molar-refractivity contribution in [1.29, 1.82) is 0 Å². The van der Waals surface area contributed by atoms with Crippen molar-refractivity contribution in [2.75, 3.05) is 20.6 Å². The molecule has 0 aromatic rings. The van der Waals surface area contributed by atoms with E-state index in [1.807, 2.05) is 0 Å². The highest BCUT2D eigenvalue weighted by molar-refractivity contribution is 5.03. The summed E-state index contributed by atoms with van der Waals surface area (Å²) in [6, 6.07) is 0.655. The topological polar surface area (TPSA) is 15.3 Å². The lowest BCUT2D eigenvalue weighted by Crippen LogP contribution is -2.59. The number of nitrogens with one attached hydrogen (secondary N) is 1. The molecule has 2 nitrogen and oxygen atoms in total. The van der Waals surface area contributed by atoms with Crippen LogP contribution in [0, 0.1) is 17.8 Å². The van der Waals surface area contributed by atoms with Crippen molar-refractivity contribution in [1.82, 2.24) is 10.2 Å². The zero-order valence-corrected chi connectivity index (χ0v) is 13.0. The average Bonchev–Trinajstić information content (AvgIpc) is 2.91. The summed E-state index contributed by atoms with van der Waals surface area (Å²) in [6.07, 6.45) is 7.22. The number of fused-ring (bicyclic) bond motifs is 2. The highest BCUT2D eigenvalue weighted by Crippen LogP contribution is 2.51. The Labute approximate surface area is 114 Å². The third-order valence-electron chi connectivity index (χ3n) is 5.75. The maximum atomic E-state index is 3.88. The van der Waals surface area contributed by atoms with E-state index >= 15 is 0 Å². The number of hydrogen-bond acceptors (Lipinski definition) is 2. The van der Waals surface area contributed by atoms with Crippen LogP contribution in [0.4, 0.5) is 0 Å². The second-order valence-corrected chi connectivity index (χ2v) is 7.32. The molecule has 2 fully saturated rings. The zero-order chi connectivity index (χ0) is 13.3. The fourth-order valence-electron chi connectivity index (χ4n) is 4.21. The number of rotatable bonds is 6. The van der Waals surface area contributed by atoms with Gasteiger partial charge in [-0.3, -0.25) is 0 Å². The molecule has 2 bridgehead atoms. The fourth-order valence-corrected chi connectivity index (χ4v) is 4.21. The third kappa shape index (κ3) is 2.60. The van der Waals surface area contributed by atoms with Gasteiger partial charge >= 0.3 is 0 Å². The molecule has 2 aliphatic carbocycles. The van der Waals surface area contributed by atoms with Crippen molar-refractivity contribution in [3.63, 3.8) is 0 Å². The quantitative estimate of drug-likeness (QED) is 0.781. The number of nitrogens with zero attached hydrogens (tertiary/aromatic N) is 1. The van der Waals surface area contributed by atoms with Crippen molar-refractivity contribution in [2.24, 2.45) is 17.8 Å². The maximum absolute atomic E-state index is 3.88. The monoisotopic (exact) mass is 252 g/mol. The fraction of sp³-hybridized carbons (Fsp3) is 1.00. The molecule has 2 saturated carbocycles. The third-order valence-corrected chi connectivity index (χ3v) is 5.75. The molecular weight excluding hydrogens is 220 g/mol. The average molecular weight is 252 g/mol. The van der Waals surface area contributed by atoms with Crippen LogP contribution in [-0.4, -0.2) is 37.1 Å². The summed E-state index contributed by atoms with van der Waals surface area (Å²) in [5, 5.41) is 3.88. The van der Waals surface area contributed by atoms with Crippen molar-refractivity contribution in [3.8, 4) is 0 Å². The van der Waals surface area contributed by atoms with E-state index in [4.69, 9.17) is 0 Å². The van der Waals surface area contributed by atoms with Gasteiger partial charge in [-0.15, -0.1) is 0 Å². The van der Waals surface area contributed by atoms with Crippen LogP contribution in [0.1, 0.15) is 52.9 Å². The van der Waals surface area contributed by atoms with Gasteiger partial charge in [0.05, 0.1) is 0 Å². The Morgan fingerprint density at radius 2 is 1.94 bits per heavy atom. The van der Waals surface area contributed by atoms with Gasteiger partial charge in [0.1, 0.15) is 0 Å². The molecule has 0 aromatic carbocycles. The van der Waals surface area contributed by atoms with Gasteiger partial charge in [-0.25, -0.2) is 0 Å².